The van der Waals surface area contributed by atoms with E-state index in [-0.39, 0.29) is 17.1 Å². The molecular weight excluding hydrogens is 308 g/mol. The monoisotopic (exact) mass is 334 g/mol. The summed E-state index contributed by atoms with van der Waals surface area (Å²) in [5, 5.41) is 0. The van der Waals surface area contributed by atoms with Crippen LogP contribution in [0.3, 0.4) is 0 Å². The highest BCUT2D eigenvalue weighted by Crippen LogP contribution is 2.53. The Morgan fingerprint density at radius 3 is 2.56 bits per heavy atom. The fourth-order valence-electron chi connectivity index (χ4n) is 4.86. The first kappa shape index (κ1) is 16.3. The zero-order valence-electron chi connectivity index (χ0n) is 15.3. The van der Waals surface area contributed by atoms with E-state index in [9.17, 15) is 0 Å². The van der Waals surface area contributed by atoms with Gasteiger partial charge in [0.2, 0.25) is 0 Å². The molecule has 3 heteroatoms. The molecule has 0 saturated heterocycles. The Kier molecular flexibility index (Phi) is 3.73. The minimum atomic E-state index is -0.0926. The Bertz CT molecular complexity index is 839. The molecule has 2 aliphatic rings. The lowest BCUT2D eigenvalue weighted by atomic mass is 9.62. The van der Waals surface area contributed by atoms with Gasteiger partial charge in [0.1, 0.15) is 0 Å². The van der Waals surface area contributed by atoms with Gasteiger partial charge in [-0.1, -0.05) is 42.5 Å². The summed E-state index contributed by atoms with van der Waals surface area (Å²) in [5.74, 6) is 0. The van der Waals surface area contributed by atoms with Gasteiger partial charge in [0.15, 0.2) is 0 Å². The number of benzene rings is 2. The lowest BCUT2D eigenvalue weighted by Crippen LogP contribution is -2.40. The zero-order valence-corrected chi connectivity index (χ0v) is 15.3. The molecular formula is C22H26N2O. The van der Waals surface area contributed by atoms with Gasteiger partial charge in [0.25, 0.3) is 0 Å². The molecule has 0 bridgehead atoms. The highest BCUT2D eigenvalue weighted by Gasteiger charge is 2.51. The van der Waals surface area contributed by atoms with Gasteiger partial charge in [0, 0.05) is 23.8 Å². The minimum absolute atomic E-state index is 0.0788. The first-order valence-corrected chi connectivity index (χ1v) is 9.04. The first-order chi connectivity index (χ1) is 12.0. The van der Waals surface area contributed by atoms with E-state index in [0.717, 1.165) is 36.2 Å². The van der Waals surface area contributed by atoms with Gasteiger partial charge >= 0.3 is 0 Å². The molecule has 0 saturated carbocycles. The van der Waals surface area contributed by atoms with E-state index < -0.39 is 0 Å². The normalized spacial score (nSPS) is 27.2. The standard InChI is InChI=1S/C22H26N2O/c1-21(2)14-22(20(24-21)16-9-5-7-11-18(16)23)13-12-19(25-3)15-8-4-6-10-17(15)22/h4-11,19H,12-14,23H2,1-3H3. The fourth-order valence-corrected chi connectivity index (χ4v) is 4.86. The van der Waals surface area contributed by atoms with Crippen molar-refractivity contribution in [3.05, 3.63) is 65.2 Å². The number of methoxy groups -OCH3 is 1. The summed E-state index contributed by atoms with van der Waals surface area (Å²) in [7, 11) is 1.81. The third-order valence-electron chi connectivity index (χ3n) is 5.76. The average molecular weight is 334 g/mol. The summed E-state index contributed by atoms with van der Waals surface area (Å²) in [5.41, 5.74) is 11.9. The Morgan fingerprint density at radius 2 is 1.80 bits per heavy atom. The van der Waals surface area contributed by atoms with Crippen molar-refractivity contribution in [1.29, 1.82) is 0 Å². The van der Waals surface area contributed by atoms with Crippen molar-refractivity contribution < 1.29 is 4.74 Å². The SMILES string of the molecule is COC1CCC2(CC(C)(C)N=C2c2ccccc2N)c2ccccc21. The van der Waals surface area contributed by atoms with E-state index in [1.165, 1.54) is 11.1 Å². The Hall–Kier alpha value is -2.13. The summed E-state index contributed by atoms with van der Waals surface area (Å²) in [6.45, 7) is 4.46. The number of ether oxygens (including phenoxy) is 1. The molecule has 0 amide bonds. The van der Waals surface area contributed by atoms with Crippen LogP contribution in [0.2, 0.25) is 0 Å². The molecule has 0 fully saturated rings. The quantitative estimate of drug-likeness (QED) is 0.812. The maximum Gasteiger partial charge on any atom is 0.0824 e. The lowest BCUT2D eigenvalue weighted by Gasteiger charge is -2.41. The van der Waals surface area contributed by atoms with Crippen molar-refractivity contribution in [1.82, 2.24) is 0 Å². The van der Waals surface area contributed by atoms with Gasteiger partial charge in [-0.15, -0.1) is 0 Å². The number of anilines is 1. The number of nitrogens with zero attached hydrogens (tertiary/aromatic N) is 1. The maximum atomic E-state index is 6.35. The van der Waals surface area contributed by atoms with E-state index in [1.54, 1.807) is 0 Å². The van der Waals surface area contributed by atoms with E-state index in [0.29, 0.717) is 0 Å². The van der Waals surface area contributed by atoms with E-state index in [2.05, 4.69) is 50.2 Å². The fraction of sp³-hybridized carbons (Fsp3) is 0.409. The summed E-state index contributed by atoms with van der Waals surface area (Å²) in [6.07, 6.45) is 3.23. The molecule has 1 heterocycles. The minimum Gasteiger partial charge on any atom is -0.398 e. The number of nitrogen functional groups attached to an aromatic ring is 1. The average Bonchev–Trinajstić information content (AvgIpc) is 2.87. The van der Waals surface area contributed by atoms with Crippen LogP contribution >= 0.6 is 0 Å². The van der Waals surface area contributed by atoms with Crippen LogP contribution in [0.25, 0.3) is 0 Å². The highest BCUT2D eigenvalue weighted by atomic mass is 16.5. The van der Waals surface area contributed by atoms with Crippen molar-refractivity contribution in [2.24, 2.45) is 4.99 Å². The Balaban J connectivity index is 1.94. The maximum absolute atomic E-state index is 6.35. The van der Waals surface area contributed by atoms with Crippen LogP contribution in [0.1, 0.15) is 55.9 Å². The summed E-state index contributed by atoms with van der Waals surface area (Å²) < 4.78 is 5.77. The molecule has 0 radical (unpaired) electrons. The molecule has 3 nitrogen and oxygen atoms in total. The number of para-hydroxylation sites is 1. The zero-order chi connectivity index (χ0) is 17.7. The molecule has 0 aromatic heterocycles. The van der Waals surface area contributed by atoms with Crippen LogP contribution < -0.4 is 5.73 Å². The largest absolute Gasteiger partial charge is 0.398 e. The Morgan fingerprint density at radius 1 is 1.08 bits per heavy atom. The van der Waals surface area contributed by atoms with E-state index in [4.69, 9.17) is 15.5 Å². The molecule has 2 atom stereocenters. The topological polar surface area (TPSA) is 47.6 Å². The van der Waals surface area contributed by atoms with Gasteiger partial charge in [-0.3, -0.25) is 4.99 Å². The number of hydrogen-bond acceptors (Lipinski definition) is 3. The molecule has 2 aromatic rings. The van der Waals surface area contributed by atoms with Gasteiger partial charge in [-0.25, -0.2) is 0 Å². The molecule has 1 spiro atoms. The molecule has 2 N–H and O–H groups in total. The van der Waals surface area contributed by atoms with Crippen LogP contribution in [-0.4, -0.2) is 18.4 Å². The van der Waals surface area contributed by atoms with Crippen LogP contribution in [0.5, 0.6) is 0 Å². The van der Waals surface area contributed by atoms with E-state index in [1.807, 2.05) is 19.2 Å². The van der Waals surface area contributed by atoms with E-state index >= 15 is 0 Å². The number of rotatable bonds is 2. The van der Waals surface area contributed by atoms with Gasteiger partial charge < -0.3 is 10.5 Å². The molecule has 4 rings (SSSR count). The lowest BCUT2D eigenvalue weighted by molar-refractivity contribution is 0.0792. The second-order valence-electron chi connectivity index (χ2n) is 7.97. The van der Waals surface area contributed by atoms with Crippen LogP contribution in [0, 0.1) is 0 Å². The summed E-state index contributed by atoms with van der Waals surface area (Å²) in [6, 6.07) is 16.8. The van der Waals surface area contributed by atoms with Gasteiger partial charge in [-0.05, 0) is 50.3 Å². The van der Waals surface area contributed by atoms with Crippen molar-refractivity contribution in [2.45, 2.75) is 50.2 Å². The second kappa shape index (κ2) is 5.70. The highest BCUT2D eigenvalue weighted by molar-refractivity contribution is 6.13. The number of hydrogen-bond donors (Lipinski definition) is 1. The predicted molar refractivity (Wildman–Crippen MR) is 103 cm³/mol. The van der Waals surface area contributed by atoms with Crippen molar-refractivity contribution in [3.63, 3.8) is 0 Å². The van der Waals surface area contributed by atoms with Gasteiger partial charge in [0.05, 0.1) is 17.4 Å². The van der Waals surface area contributed by atoms with Crippen LogP contribution in [0.15, 0.2) is 53.5 Å². The molecule has 2 unspecified atom stereocenters. The molecule has 2 aromatic carbocycles. The number of nitrogens with two attached hydrogens (primary N) is 1. The Labute approximate surface area is 149 Å². The third kappa shape index (κ3) is 2.49. The molecule has 1 aliphatic heterocycles. The van der Waals surface area contributed by atoms with Crippen LogP contribution in [0.4, 0.5) is 5.69 Å². The molecule has 25 heavy (non-hydrogen) atoms. The van der Waals surface area contributed by atoms with Crippen molar-refractivity contribution in [3.8, 4) is 0 Å². The number of fused-ring (bicyclic) bond motifs is 2. The summed E-state index contributed by atoms with van der Waals surface area (Å²) in [4.78, 5) is 5.17. The van der Waals surface area contributed by atoms with Crippen LogP contribution in [-0.2, 0) is 10.2 Å². The van der Waals surface area contributed by atoms with Crippen molar-refractivity contribution in [2.75, 3.05) is 12.8 Å². The third-order valence-corrected chi connectivity index (χ3v) is 5.76. The predicted octanol–water partition coefficient (Wildman–Crippen LogP) is 4.66. The van der Waals surface area contributed by atoms with Crippen molar-refractivity contribution >= 4 is 11.4 Å². The number of aliphatic imine (C=N–C) groups is 1. The second-order valence-corrected chi connectivity index (χ2v) is 7.97. The molecule has 1 aliphatic carbocycles. The molecule has 130 valence electrons. The smallest absolute Gasteiger partial charge is 0.0824 e. The van der Waals surface area contributed by atoms with Gasteiger partial charge in [-0.2, -0.15) is 0 Å². The first-order valence-electron chi connectivity index (χ1n) is 9.04. The summed E-state index contributed by atoms with van der Waals surface area (Å²) >= 11 is 0.